The Balaban J connectivity index is 0.00000324. The van der Waals surface area contributed by atoms with Gasteiger partial charge in [-0.15, -0.1) is 24.0 Å². The van der Waals surface area contributed by atoms with E-state index in [0.29, 0.717) is 12.5 Å². The van der Waals surface area contributed by atoms with Crippen LogP contribution < -0.4 is 10.6 Å². The van der Waals surface area contributed by atoms with Crippen LogP contribution in [0, 0.1) is 5.92 Å². The number of ether oxygens (including phenoxy) is 1. The monoisotopic (exact) mass is 384 g/mol. The van der Waals surface area contributed by atoms with Crippen LogP contribution in [-0.2, 0) is 4.74 Å². The highest BCUT2D eigenvalue weighted by Gasteiger charge is 2.20. The number of nitrogens with one attached hydrogen (secondary N) is 2. The van der Waals surface area contributed by atoms with Crippen molar-refractivity contribution in [3.63, 3.8) is 0 Å². The summed E-state index contributed by atoms with van der Waals surface area (Å²) in [5.41, 5.74) is 0. The van der Waals surface area contributed by atoms with Gasteiger partial charge in [0.2, 0.25) is 0 Å². The van der Waals surface area contributed by atoms with Gasteiger partial charge in [-0.05, 0) is 32.4 Å². The number of rotatable bonds is 7. The lowest BCUT2D eigenvalue weighted by molar-refractivity contribution is 0.203. The molecule has 1 aliphatic heterocycles. The van der Waals surface area contributed by atoms with E-state index in [0.717, 1.165) is 32.1 Å². The lowest BCUT2D eigenvalue weighted by Gasteiger charge is -2.13. The fraction of sp³-hybridized carbons (Fsp3) is 0.923. The number of methoxy groups -OCH3 is 1. The van der Waals surface area contributed by atoms with Crippen molar-refractivity contribution in [3.8, 4) is 0 Å². The predicted octanol–water partition coefficient (Wildman–Crippen LogP) is 1.15. The molecule has 1 rings (SSSR count). The zero-order valence-electron chi connectivity index (χ0n) is 12.4. The minimum Gasteiger partial charge on any atom is -0.383 e. The maximum absolute atomic E-state index is 5.02. The van der Waals surface area contributed by atoms with Gasteiger partial charge < -0.3 is 20.3 Å². The molecule has 1 unspecified atom stereocenters. The normalized spacial score (nSPS) is 20.2. The van der Waals surface area contributed by atoms with Gasteiger partial charge >= 0.3 is 0 Å². The molecule has 0 saturated carbocycles. The lowest BCUT2D eigenvalue weighted by Crippen LogP contribution is -2.39. The number of nitrogens with zero attached hydrogens (tertiary/aromatic N) is 2. The van der Waals surface area contributed by atoms with Gasteiger partial charge in [-0.1, -0.05) is 6.92 Å². The summed E-state index contributed by atoms with van der Waals surface area (Å²) in [6.45, 7) is 11.2. The van der Waals surface area contributed by atoms with Crippen LogP contribution >= 0.6 is 24.0 Å². The Morgan fingerprint density at radius 2 is 2.16 bits per heavy atom. The van der Waals surface area contributed by atoms with Gasteiger partial charge in [-0.3, -0.25) is 4.99 Å². The number of guanidine groups is 1. The van der Waals surface area contributed by atoms with Crippen LogP contribution in [0.4, 0.5) is 0 Å². The average molecular weight is 384 g/mol. The summed E-state index contributed by atoms with van der Waals surface area (Å²) in [7, 11) is 1.71. The van der Waals surface area contributed by atoms with Crippen LogP contribution in [-0.4, -0.2) is 63.8 Å². The summed E-state index contributed by atoms with van der Waals surface area (Å²) in [4.78, 5) is 7.14. The van der Waals surface area contributed by atoms with Crippen LogP contribution in [0.15, 0.2) is 4.99 Å². The highest BCUT2D eigenvalue weighted by molar-refractivity contribution is 14.0. The van der Waals surface area contributed by atoms with Crippen molar-refractivity contribution in [2.75, 3.05) is 53.0 Å². The lowest BCUT2D eigenvalue weighted by atomic mass is 10.1. The molecule has 0 aromatic heterocycles. The van der Waals surface area contributed by atoms with Gasteiger partial charge in [0, 0.05) is 33.3 Å². The quantitative estimate of drug-likeness (QED) is 0.299. The Morgan fingerprint density at radius 1 is 1.37 bits per heavy atom. The molecule has 19 heavy (non-hydrogen) atoms. The average Bonchev–Trinajstić information content (AvgIpc) is 2.84. The first-order chi connectivity index (χ1) is 8.80. The third-order valence-corrected chi connectivity index (χ3v) is 3.27. The van der Waals surface area contributed by atoms with Crippen molar-refractivity contribution < 1.29 is 4.74 Å². The summed E-state index contributed by atoms with van der Waals surface area (Å²) in [5, 5.41) is 6.53. The predicted molar refractivity (Wildman–Crippen MR) is 91.5 cm³/mol. The van der Waals surface area contributed by atoms with E-state index in [1.807, 2.05) is 0 Å². The van der Waals surface area contributed by atoms with Gasteiger partial charge in [0.15, 0.2) is 5.96 Å². The van der Waals surface area contributed by atoms with E-state index in [-0.39, 0.29) is 24.0 Å². The first kappa shape index (κ1) is 18.9. The number of hydrogen-bond acceptors (Lipinski definition) is 3. The van der Waals surface area contributed by atoms with Crippen molar-refractivity contribution in [1.29, 1.82) is 0 Å². The molecule has 1 fully saturated rings. The fourth-order valence-corrected chi connectivity index (χ4v) is 2.18. The topological polar surface area (TPSA) is 48.9 Å². The summed E-state index contributed by atoms with van der Waals surface area (Å²) in [5.74, 6) is 1.62. The van der Waals surface area contributed by atoms with Crippen molar-refractivity contribution in [1.82, 2.24) is 15.5 Å². The van der Waals surface area contributed by atoms with Gasteiger partial charge in [0.25, 0.3) is 0 Å². The van der Waals surface area contributed by atoms with Gasteiger partial charge in [-0.25, -0.2) is 0 Å². The number of halogens is 1. The minimum absolute atomic E-state index is 0. The Bertz CT molecular complexity index is 251. The van der Waals surface area contributed by atoms with E-state index in [1.54, 1.807) is 7.11 Å². The van der Waals surface area contributed by atoms with E-state index in [1.165, 1.54) is 19.5 Å². The minimum atomic E-state index is 0. The van der Waals surface area contributed by atoms with E-state index in [2.05, 4.69) is 34.4 Å². The molecule has 1 heterocycles. The molecule has 0 aromatic rings. The Hall–Kier alpha value is -0.0800. The Kier molecular flexibility index (Phi) is 11.7. The van der Waals surface area contributed by atoms with Gasteiger partial charge in [-0.2, -0.15) is 0 Å². The number of likely N-dealkylation sites (tertiary alicyclic amines) is 1. The second kappa shape index (κ2) is 11.7. The fourth-order valence-electron chi connectivity index (χ4n) is 2.18. The van der Waals surface area contributed by atoms with E-state index >= 15 is 0 Å². The standard InChI is InChI=1S/C13H28N4O.HI/c1-4-14-13(15-7-9-18-3)16-10-12-6-8-17(5-2)11-12;/h12H,4-11H2,1-3H3,(H2,14,15,16);1H. The van der Waals surface area contributed by atoms with Gasteiger partial charge in [0.1, 0.15) is 0 Å². The number of aliphatic imine (C=N–C) groups is 1. The summed E-state index contributed by atoms with van der Waals surface area (Å²) in [6, 6.07) is 0. The highest BCUT2D eigenvalue weighted by Crippen LogP contribution is 2.15. The first-order valence-corrected chi connectivity index (χ1v) is 7.03. The third kappa shape index (κ3) is 7.94. The second-order valence-corrected chi connectivity index (χ2v) is 4.69. The third-order valence-electron chi connectivity index (χ3n) is 3.27. The maximum atomic E-state index is 5.02. The molecule has 0 bridgehead atoms. The first-order valence-electron chi connectivity index (χ1n) is 7.03. The van der Waals surface area contributed by atoms with Crippen LogP contribution in [0.25, 0.3) is 0 Å². The van der Waals surface area contributed by atoms with Crippen molar-refractivity contribution in [3.05, 3.63) is 0 Å². The molecular formula is C13H29IN4O. The summed E-state index contributed by atoms with van der Waals surface area (Å²) >= 11 is 0. The van der Waals surface area contributed by atoms with Crippen LogP contribution in [0.3, 0.4) is 0 Å². The van der Waals surface area contributed by atoms with Crippen molar-refractivity contribution in [2.24, 2.45) is 10.9 Å². The van der Waals surface area contributed by atoms with E-state index in [4.69, 9.17) is 4.74 Å². The van der Waals surface area contributed by atoms with Crippen molar-refractivity contribution >= 4 is 29.9 Å². The summed E-state index contributed by atoms with van der Waals surface area (Å²) in [6.07, 6.45) is 1.27. The SMILES string of the molecule is CCNC(=NCC1CCN(CC)C1)NCCOC.I. The molecule has 5 nitrogen and oxygen atoms in total. The molecule has 2 N–H and O–H groups in total. The maximum Gasteiger partial charge on any atom is 0.191 e. The molecule has 0 radical (unpaired) electrons. The van der Waals surface area contributed by atoms with Crippen molar-refractivity contribution in [2.45, 2.75) is 20.3 Å². The molecule has 114 valence electrons. The summed E-state index contributed by atoms with van der Waals surface area (Å²) < 4.78 is 5.02. The van der Waals surface area contributed by atoms with Gasteiger partial charge in [0.05, 0.1) is 6.61 Å². The Labute approximate surface area is 134 Å². The molecule has 0 aromatic carbocycles. The molecule has 1 atom stereocenters. The molecule has 6 heteroatoms. The van der Waals surface area contributed by atoms with E-state index in [9.17, 15) is 0 Å². The number of hydrogen-bond donors (Lipinski definition) is 2. The smallest absolute Gasteiger partial charge is 0.191 e. The van der Waals surface area contributed by atoms with Crippen LogP contribution in [0.5, 0.6) is 0 Å². The van der Waals surface area contributed by atoms with E-state index < -0.39 is 0 Å². The molecular weight excluding hydrogens is 355 g/mol. The van der Waals surface area contributed by atoms with Crippen LogP contribution in [0.1, 0.15) is 20.3 Å². The second-order valence-electron chi connectivity index (χ2n) is 4.69. The molecule has 0 amide bonds. The molecule has 1 aliphatic rings. The molecule has 0 spiro atoms. The zero-order chi connectivity index (χ0) is 13.2. The van der Waals surface area contributed by atoms with Crippen LogP contribution in [0.2, 0.25) is 0 Å². The largest absolute Gasteiger partial charge is 0.383 e. The molecule has 0 aliphatic carbocycles. The molecule has 1 saturated heterocycles. The zero-order valence-corrected chi connectivity index (χ0v) is 14.8. The Morgan fingerprint density at radius 3 is 2.74 bits per heavy atom. The highest BCUT2D eigenvalue weighted by atomic mass is 127.